The highest BCUT2D eigenvalue weighted by atomic mass is 127. The van der Waals surface area contributed by atoms with Crippen molar-refractivity contribution in [2.24, 2.45) is 4.99 Å². The molecule has 2 N–H and O–H groups in total. The quantitative estimate of drug-likeness (QED) is 0.280. The molecule has 0 amide bonds. The van der Waals surface area contributed by atoms with E-state index in [1.54, 1.807) is 7.05 Å². The number of guanidine groups is 1. The van der Waals surface area contributed by atoms with Crippen LogP contribution in [0.4, 0.5) is 5.82 Å². The van der Waals surface area contributed by atoms with E-state index < -0.39 is 0 Å². The SMILES string of the molecule is CCOc1ccc(CCNC(=NC)NCc2cccc(N(C)C)n2)cc1OCC.I. The van der Waals surface area contributed by atoms with E-state index in [0.717, 1.165) is 41.9 Å². The van der Waals surface area contributed by atoms with Crippen molar-refractivity contribution in [3.63, 3.8) is 0 Å². The fourth-order valence-corrected chi connectivity index (χ4v) is 2.79. The monoisotopic (exact) mass is 527 g/mol. The molecule has 0 radical (unpaired) electrons. The van der Waals surface area contributed by atoms with E-state index in [4.69, 9.17) is 9.47 Å². The number of halogens is 1. The number of benzene rings is 1. The van der Waals surface area contributed by atoms with Gasteiger partial charge in [0.15, 0.2) is 17.5 Å². The van der Waals surface area contributed by atoms with E-state index >= 15 is 0 Å². The van der Waals surface area contributed by atoms with Crippen molar-refractivity contribution in [1.82, 2.24) is 15.6 Å². The maximum atomic E-state index is 5.70. The third kappa shape index (κ3) is 8.25. The van der Waals surface area contributed by atoms with E-state index in [2.05, 4.69) is 26.7 Å². The summed E-state index contributed by atoms with van der Waals surface area (Å²) in [6, 6.07) is 12.1. The van der Waals surface area contributed by atoms with Gasteiger partial charge in [0, 0.05) is 27.7 Å². The molecule has 0 saturated carbocycles. The molecule has 0 aliphatic rings. The van der Waals surface area contributed by atoms with E-state index in [-0.39, 0.29) is 24.0 Å². The van der Waals surface area contributed by atoms with Crippen molar-refractivity contribution >= 4 is 35.8 Å². The second-order valence-corrected chi connectivity index (χ2v) is 6.63. The molecule has 7 nitrogen and oxygen atoms in total. The summed E-state index contributed by atoms with van der Waals surface area (Å²) in [7, 11) is 5.74. The van der Waals surface area contributed by atoms with Gasteiger partial charge >= 0.3 is 0 Å². The standard InChI is InChI=1S/C22H33N5O2.HI/c1-6-28-19-12-11-17(15-20(19)29-7-2)13-14-24-22(23-3)25-16-18-9-8-10-21(26-18)27(4)5;/h8-12,15H,6-7,13-14,16H2,1-5H3,(H2,23,24,25);1H. The number of anilines is 1. The Kier molecular flexibility index (Phi) is 12.0. The van der Waals surface area contributed by atoms with E-state index in [9.17, 15) is 0 Å². The molecule has 30 heavy (non-hydrogen) atoms. The van der Waals surface area contributed by atoms with Crippen LogP contribution in [0.5, 0.6) is 11.5 Å². The average Bonchev–Trinajstić information content (AvgIpc) is 2.72. The predicted octanol–water partition coefficient (Wildman–Crippen LogP) is 3.47. The summed E-state index contributed by atoms with van der Waals surface area (Å²) >= 11 is 0. The van der Waals surface area contributed by atoms with Gasteiger partial charge in [0.05, 0.1) is 25.5 Å². The first-order chi connectivity index (χ1) is 14.1. The van der Waals surface area contributed by atoms with Gasteiger partial charge in [-0.15, -0.1) is 24.0 Å². The van der Waals surface area contributed by atoms with Crippen LogP contribution >= 0.6 is 24.0 Å². The number of nitrogens with zero attached hydrogens (tertiary/aromatic N) is 3. The highest BCUT2D eigenvalue weighted by molar-refractivity contribution is 14.0. The maximum absolute atomic E-state index is 5.70. The van der Waals surface area contributed by atoms with Gasteiger partial charge in [0.1, 0.15) is 5.82 Å². The second-order valence-electron chi connectivity index (χ2n) is 6.63. The first kappa shape index (κ1) is 25.8. The van der Waals surface area contributed by atoms with Crippen molar-refractivity contribution in [3.05, 3.63) is 47.7 Å². The Labute approximate surface area is 197 Å². The zero-order valence-corrected chi connectivity index (χ0v) is 20.9. The Morgan fingerprint density at radius 1 is 1.03 bits per heavy atom. The van der Waals surface area contributed by atoms with Crippen molar-refractivity contribution < 1.29 is 9.47 Å². The average molecular weight is 527 g/mol. The summed E-state index contributed by atoms with van der Waals surface area (Å²) in [6.07, 6.45) is 0.849. The molecule has 8 heteroatoms. The molecule has 0 spiro atoms. The van der Waals surface area contributed by atoms with E-state index in [0.29, 0.717) is 19.8 Å². The minimum absolute atomic E-state index is 0. The molecule has 1 heterocycles. The van der Waals surface area contributed by atoms with Crippen LogP contribution in [0.25, 0.3) is 0 Å². The number of hydrogen-bond donors (Lipinski definition) is 2. The summed E-state index contributed by atoms with van der Waals surface area (Å²) in [5.41, 5.74) is 2.15. The maximum Gasteiger partial charge on any atom is 0.191 e. The number of aromatic nitrogens is 1. The van der Waals surface area contributed by atoms with Gasteiger partial charge in [-0.25, -0.2) is 4.98 Å². The highest BCUT2D eigenvalue weighted by Gasteiger charge is 2.07. The van der Waals surface area contributed by atoms with Crippen LogP contribution in [0.1, 0.15) is 25.1 Å². The number of nitrogens with one attached hydrogen (secondary N) is 2. The highest BCUT2D eigenvalue weighted by Crippen LogP contribution is 2.28. The number of aliphatic imine (C=N–C) groups is 1. The number of ether oxygens (including phenoxy) is 2. The molecule has 0 aliphatic carbocycles. The predicted molar refractivity (Wildman–Crippen MR) is 135 cm³/mol. The normalized spacial score (nSPS) is 10.8. The molecular formula is C22H34IN5O2. The first-order valence-corrected chi connectivity index (χ1v) is 10.0. The molecule has 0 saturated heterocycles. The number of rotatable bonds is 10. The Bertz CT molecular complexity index is 799. The molecule has 2 aromatic rings. The fraction of sp³-hybridized carbons (Fsp3) is 0.455. The van der Waals surface area contributed by atoms with Crippen molar-refractivity contribution in [1.29, 1.82) is 0 Å². The van der Waals surface area contributed by atoms with E-state index in [1.807, 2.05) is 63.2 Å². The fourth-order valence-electron chi connectivity index (χ4n) is 2.79. The van der Waals surface area contributed by atoms with Gasteiger partial charge in [-0.05, 0) is 50.1 Å². The zero-order chi connectivity index (χ0) is 21.1. The Hall–Kier alpha value is -2.23. The summed E-state index contributed by atoms with van der Waals surface area (Å²) in [6.45, 7) is 6.54. The lowest BCUT2D eigenvalue weighted by molar-refractivity contribution is 0.287. The van der Waals surface area contributed by atoms with Gasteiger partial charge in [0.25, 0.3) is 0 Å². The third-order valence-electron chi connectivity index (χ3n) is 4.22. The molecule has 1 aromatic carbocycles. The molecule has 166 valence electrons. The summed E-state index contributed by atoms with van der Waals surface area (Å²) < 4.78 is 11.3. The van der Waals surface area contributed by atoms with Gasteiger partial charge in [-0.3, -0.25) is 4.99 Å². The topological polar surface area (TPSA) is 71.0 Å². The molecule has 2 rings (SSSR count). The van der Waals surface area contributed by atoms with Gasteiger partial charge < -0.3 is 25.0 Å². The lowest BCUT2D eigenvalue weighted by Crippen LogP contribution is -2.38. The van der Waals surface area contributed by atoms with Gasteiger partial charge in [-0.2, -0.15) is 0 Å². The van der Waals surface area contributed by atoms with Crippen LogP contribution in [-0.2, 0) is 13.0 Å². The van der Waals surface area contributed by atoms with Gasteiger partial charge in [0.2, 0.25) is 0 Å². The molecular weight excluding hydrogens is 493 g/mol. The van der Waals surface area contributed by atoms with Crippen LogP contribution in [0.2, 0.25) is 0 Å². The third-order valence-corrected chi connectivity index (χ3v) is 4.22. The molecule has 1 aromatic heterocycles. The molecule has 0 bridgehead atoms. The van der Waals surface area contributed by atoms with Crippen LogP contribution < -0.4 is 25.0 Å². The van der Waals surface area contributed by atoms with Crippen molar-refractivity contribution in [2.75, 3.05) is 45.8 Å². The second kappa shape index (κ2) is 13.9. The molecule has 0 atom stereocenters. The van der Waals surface area contributed by atoms with Crippen molar-refractivity contribution in [3.8, 4) is 11.5 Å². The summed E-state index contributed by atoms with van der Waals surface area (Å²) in [4.78, 5) is 10.9. The van der Waals surface area contributed by atoms with Crippen LogP contribution in [0.3, 0.4) is 0 Å². The Morgan fingerprint density at radius 2 is 1.77 bits per heavy atom. The number of hydrogen-bond acceptors (Lipinski definition) is 5. The molecule has 0 fully saturated rings. The molecule has 0 unspecified atom stereocenters. The summed E-state index contributed by atoms with van der Waals surface area (Å²) in [5, 5.41) is 6.65. The Balaban J connectivity index is 0.00000450. The smallest absolute Gasteiger partial charge is 0.191 e. The Morgan fingerprint density at radius 3 is 2.43 bits per heavy atom. The lowest BCUT2D eigenvalue weighted by Gasteiger charge is -2.15. The molecule has 0 aliphatic heterocycles. The first-order valence-electron chi connectivity index (χ1n) is 10.0. The van der Waals surface area contributed by atoms with Crippen LogP contribution in [-0.4, -0.2) is 51.8 Å². The summed E-state index contributed by atoms with van der Waals surface area (Å²) in [5.74, 6) is 3.27. The number of pyridine rings is 1. The van der Waals surface area contributed by atoms with Crippen LogP contribution in [0, 0.1) is 0 Å². The van der Waals surface area contributed by atoms with Crippen LogP contribution in [0.15, 0.2) is 41.4 Å². The van der Waals surface area contributed by atoms with Gasteiger partial charge in [-0.1, -0.05) is 12.1 Å². The van der Waals surface area contributed by atoms with E-state index in [1.165, 1.54) is 5.56 Å². The van der Waals surface area contributed by atoms with Crippen molar-refractivity contribution in [2.45, 2.75) is 26.8 Å². The largest absolute Gasteiger partial charge is 0.490 e. The zero-order valence-electron chi connectivity index (χ0n) is 18.6. The lowest BCUT2D eigenvalue weighted by atomic mass is 10.1. The minimum Gasteiger partial charge on any atom is -0.490 e. The minimum atomic E-state index is 0.